The van der Waals surface area contributed by atoms with E-state index in [4.69, 9.17) is 4.74 Å². The van der Waals surface area contributed by atoms with Gasteiger partial charge in [-0.25, -0.2) is 17.8 Å². The second kappa shape index (κ2) is 7.17. The van der Waals surface area contributed by atoms with Crippen molar-refractivity contribution in [1.82, 2.24) is 14.9 Å². The highest BCUT2D eigenvalue weighted by molar-refractivity contribution is 7.90. The zero-order valence-corrected chi connectivity index (χ0v) is 17.0. The van der Waals surface area contributed by atoms with Crippen LogP contribution in [0.4, 0.5) is 4.39 Å². The van der Waals surface area contributed by atoms with Crippen LogP contribution in [0.5, 0.6) is 5.75 Å². The van der Waals surface area contributed by atoms with E-state index < -0.39 is 44.2 Å². The maximum atomic E-state index is 13.5. The highest BCUT2D eigenvalue weighted by atomic mass is 32.2. The van der Waals surface area contributed by atoms with Crippen molar-refractivity contribution < 1.29 is 27.4 Å². The Bertz CT molecular complexity index is 1200. The van der Waals surface area contributed by atoms with Gasteiger partial charge in [0.15, 0.2) is 15.5 Å². The number of hydrogen-bond acceptors (Lipinski definition) is 7. The van der Waals surface area contributed by atoms with Crippen LogP contribution in [-0.4, -0.2) is 41.8 Å². The van der Waals surface area contributed by atoms with Crippen molar-refractivity contribution in [1.29, 1.82) is 0 Å². The lowest BCUT2D eigenvalue weighted by Crippen LogP contribution is -2.49. The number of hydrogen-bond donors (Lipinski definition) is 2. The maximum absolute atomic E-state index is 13.5. The summed E-state index contributed by atoms with van der Waals surface area (Å²) in [5.74, 6) is -2.04. The molecule has 2 aliphatic rings. The van der Waals surface area contributed by atoms with Crippen LogP contribution in [0.15, 0.2) is 27.9 Å². The number of sulfone groups is 1. The minimum Gasteiger partial charge on any atom is -0.501 e. The van der Waals surface area contributed by atoms with Gasteiger partial charge in [-0.2, -0.15) is 0 Å². The van der Waals surface area contributed by atoms with E-state index in [9.17, 15) is 27.5 Å². The molecule has 1 fully saturated rings. The van der Waals surface area contributed by atoms with Crippen molar-refractivity contribution in [3.05, 3.63) is 51.5 Å². The number of carbonyl (C=O) groups excluding carboxylic acids is 1. The maximum Gasteiger partial charge on any atom is 0.296 e. The lowest BCUT2D eigenvalue weighted by molar-refractivity contribution is -0.134. The number of rotatable bonds is 4. The van der Waals surface area contributed by atoms with Gasteiger partial charge in [0, 0.05) is 12.8 Å². The predicted molar refractivity (Wildman–Crippen MR) is 102 cm³/mol. The molecule has 1 aromatic heterocycles. The number of ether oxygens (including phenoxy) is 1. The van der Waals surface area contributed by atoms with Gasteiger partial charge in [-0.3, -0.25) is 14.2 Å². The number of aromatic hydroxyl groups is 1. The normalized spacial score (nSPS) is 17.3. The van der Waals surface area contributed by atoms with Gasteiger partial charge >= 0.3 is 0 Å². The lowest BCUT2D eigenvalue weighted by atomic mass is 9.78. The first-order valence-corrected chi connectivity index (χ1v) is 11.3. The quantitative estimate of drug-likeness (QED) is 0.725. The lowest BCUT2D eigenvalue weighted by Gasteiger charge is -2.44. The number of halogens is 1. The molecule has 1 saturated carbocycles. The van der Waals surface area contributed by atoms with Crippen molar-refractivity contribution in [2.45, 2.75) is 42.8 Å². The second-order valence-corrected chi connectivity index (χ2v) is 9.48. The highest BCUT2D eigenvalue weighted by Crippen LogP contribution is 2.45. The summed E-state index contributed by atoms with van der Waals surface area (Å²) in [7, 11) is -3.73. The van der Waals surface area contributed by atoms with Gasteiger partial charge in [-0.05, 0) is 37.0 Å². The van der Waals surface area contributed by atoms with Crippen LogP contribution < -0.4 is 10.9 Å². The van der Waals surface area contributed by atoms with Crippen LogP contribution in [0.2, 0.25) is 0 Å². The van der Waals surface area contributed by atoms with Gasteiger partial charge in [0.25, 0.3) is 11.5 Å². The number of amides is 1. The van der Waals surface area contributed by atoms with Crippen LogP contribution in [0.1, 0.15) is 41.1 Å². The third kappa shape index (κ3) is 3.37. The van der Waals surface area contributed by atoms with Crippen LogP contribution >= 0.6 is 0 Å². The summed E-state index contributed by atoms with van der Waals surface area (Å²) in [5.41, 5.74) is -1.73. The van der Waals surface area contributed by atoms with Crippen molar-refractivity contribution in [2.75, 3.05) is 12.9 Å². The van der Waals surface area contributed by atoms with Gasteiger partial charge in [-0.1, -0.05) is 6.07 Å². The Kier molecular flexibility index (Phi) is 4.89. The van der Waals surface area contributed by atoms with E-state index in [1.165, 1.54) is 10.6 Å². The molecule has 0 unspecified atom stereocenters. The molecule has 0 bridgehead atoms. The van der Waals surface area contributed by atoms with Crippen molar-refractivity contribution >= 4 is 15.7 Å². The number of benzene rings is 1. The van der Waals surface area contributed by atoms with Crippen molar-refractivity contribution in [3.8, 4) is 5.75 Å². The monoisotopic (exact) mass is 437 g/mol. The zero-order chi connectivity index (χ0) is 21.7. The SMILES string of the molecule is CS(=O)(=O)c1cc(F)ccc1CNC(=O)c1nc2n(c(=O)c1O)CCOC21CCC1. The minimum absolute atomic E-state index is 0.167. The molecule has 1 spiro atoms. The third-order valence-corrected chi connectivity index (χ3v) is 6.67. The molecule has 0 radical (unpaired) electrons. The molecule has 1 aliphatic carbocycles. The number of nitrogens with zero attached hydrogens (tertiary/aromatic N) is 2. The molecule has 160 valence electrons. The average Bonchev–Trinajstić information content (AvgIpc) is 2.67. The molecule has 0 saturated heterocycles. The molecule has 1 amide bonds. The fourth-order valence-corrected chi connectivity index (χ4v) is 4.74. The minimum atomic E-state index is -3.73. The number of carbonyl (C=O) groups is 1. The van der Waals surface area contributed by atoms with Gasteiger partial charge in [0.05, 0.1) is 18.0 Å². The van der Waals surface area contributed by atoms with Crippen molar-refractivity contribution in [3.63, 3.8) is 0 Å². The Morgan fingerprint density at radius 2 is 2.13 bits per heavy atom. The first kappa shape index (κ1) is 20.5. The smallest absolute Gasteiger partial charge is 0.296 e. The Morgan fingerprint density at radius 1 is 1.40 bits per heavy atom. The van der Waals surface area contributed by atoms with Gasteiger partial charge in [0.1, 0.15) is 17.2 Å². The summed E-state index contributed by atoms with van der Waals surface area (Å²) >= 11 is 0. The van der Waals surface area contributed by atoms with Crippen LogP contribution in [0.25, 0.3) is 0 Å². The summed E-state index contributed by atoms with van der Waals surface area (Å²) in [6, 6.07) is 3.20. The topological polar surface area (TPSA) is 128 Å². The first-order chi connectivity index (χ1) is 14.1. The fourth-order valence-electron chi connectivity index (χ4n) is 3.80. The zero-order valence-electron chi connectivity index (χ0n) is 16.1. The summed E-state index contributed by atoms with van der Waals surface area (Å²) in [6.45, 7) is 0.285. The number of fused-ring (bicyclic) bond motifs is 2. The molecule has 0 atom stereocenters. The highest BCUT2D eigenvalue weighted by Gasteiger charge is 2.46. The molecular weight excluding hydrogens is 417 g/mol. The number of aromatic nitrogens is 2. The van der Waals surface area contributed by atoms with Gasteiger partial charge in [-0.15, -0.1) is 0 Å². The summed E-state index contributed by atoms with van der Waals surface area (Å²) in [6.07, 6.45) is 3.16. The van der Waals surface area contributed by atoms with E-state index in [1.54, 1.807) is 0 Å². The molecule has 30 heavy (non-hydrogen) atoms. The molecule has 9 nitrogen and oxygen atoms in total. The first-order valence-electron chi connectivity index (χ1n) is 9.37. The molecular formula is C19H20FN3O6S. The van der Waals surface area contributed by atoms with E-state index >= 15 is 0 Å². The van der Waals surface area contributed by atoms with Crippen LogP contribution in [0, 0.1) is 5.82 Å². The molecule has 2 aromatic rings. The predicted octanol–water partition coefficient (Wildman–Crippen LogP) is 0.831. The van der Waals surface area contributed by atoms with E-state index in [-0.39, 0.29) is 23.5 Å². The van der Waals surface area contributed by atoms with E-state index in [2.05, 4.69) is 10.3 Å². The van der Waals surface area contributed by atoms with Crippen molar-refractivity contribution in [2.24, 2.45) is 0 Å². The third-order valence-electron chi connectivity index (χ3n) is 5.49. The molecule has 4 rings (SSSR count). The van der Waals surface area contributed by atoms with Gasteiger partial charge < -0.3 is 15.2 Å². The Balaban J connectivity index is 1.65. The van der Waals surface area contributed by atoms with Crippen LogP contribution in [-0.2, 0) is 33.3 Å². The molecule has 11 heteroatoms. The molecule has 1 aromatic carbocycles. The van der Waals surface area contributed by atoms with Gasteiger partial charge in [0.2, 0.25) is 5.75 Å². The molecule has 2 N–H and O–H groups in total. The average molecular weight is 437 g/mol. The molecule has 1 aliphatic heterocycles. The fraction of sp³-hybridized carbons (Fsp3) is 0.421. The summed E-state index contributed by atoms with van der Waals surface area (Å²) in [4.78, 5) is 29.2. The Hall–Kier alpha value is -2.79. The molecule has 2 heterocycles. The standard InChI is InChI=1S/C19H20FN3O6S/c1-30(27,28)13-9-12(20)4-3-11(13)10-21-16(25)14-15(24)17(26)23-7-8-29-19(5-2-6-19)18(23)22-14/h3-4,9,24H,2,5-8,10H2,1H3,(H,21,25). The largest absolute Gasteiger partial charge is 0.501 e. The summed E-state index contributed by atoms with van der Waals surface area (Å²) in [5, 5.41) is 12.7. The number of nitrogens with one attached hydrogen (secondary N) is 1. The van der Waals surface area contributed by atoms with E-state index in [0.717, 1.165) is 24.8 Å². The Morgan fingerprint density at radius 3 is 2.77 bits per heavy atom. The summed E-state index contributed by atoms with van der Waals surface area (Å²) < 4.78 is 44.4. The van der Waals surface area contributed by atoms with E-state index in [1.807, 2.05) is 0 Å². The van der Waals surface area contributed by atoms with E-state index in [0.29, 0.717) is 25.3 Å². The Labute approximate surface area is 171 Å². The second-order valence-electron chi connectivity index (χ2n) is 7.49. The van der Waals surface area contributed by atoms with Crippen LogP contribution in [0.3, 0.4) is 0 Å².